The molecule has 3 rings (SSSR count). The smallest absolute Gasteiger partial charge is 0.246 e. The number of halogens is 1. The van der Waals surface area contributed by atoms with Gasteiger partial charge in [0.15, 0.2) is 5.82 Å². The van der Waals surface area contributed by atoms with Gasteiger partial charge in [-0.2, -0.15) is 4.98 Å². The van der Waals surface area contributed by atoms with Crippen molar-refractivity contribution in [1.82, 2.24) is 9.97 Å². The van der Waals surface area contributed by atoms with Gasteiger partial charge in [-0.05, 0) is 24.6 Å². The summed E-state index contributed by atoms with van der Waals surface area (Å²) in [4.78, 5) is 28.8. The van der Waals surface area contributed by atoms with E-state index in [1.54, 1.807) is 34.3 Å². The van der Waals surface area contributed by atoms with E-state index < -0.39 is 0 Å². The predicted octanol–water partition coefficient (Wildman–Crippen LogP) is 1.94. The first kappa shape index (κ1) is 20.2. The number of nitrogens with two attached hydrogens (primary N) is 1. The van der Waals surface area contributed by atoms with Crippen molar-refractivity contribution in [2.24, 2.45) is 10.7 Å². The number of nitrogens with one attached hydrogen (secondary N) is 1. The second-order valence-corrected chi connectivity index (χ2v) is 6.59. The number of anilines is 3. The minimum absolute atomic E-state index is 0.0255. The molecule has 0 bridgehead atoms. The van der Waals surface area contributed by atoms with Gasteiger partial charge in [0.1, 0.15) is 11.5 Å². The summed E-state index contributed by atoms with van der Waals surface area (Å²) in [5.41, 5.74) is 8.05. The number of rotatable bonds is 7. The van der Waals surface area contributed by atoms with E-state index in [9.17, 15) is 9.18 Å². The van der Waals surface area contributed by atoms with Crippen LogP contribution >= 0.6 is 0 Å². The molecule has 0 unspecified atom stereocenters. The van der Waals surface area contributed by atoms with Crippen LogP contribution in [0.2, 0.25) is 0 Å². The van der Waals surface area contributed by atoms with Crippen LogP contribution in [-0.4, -0.2) is 48.8 Å². The summed E-state index contributed by atoms with van der Waals surface area (Å²) in [6, 6.07) is 6.20. The van der Waals surface area contributed by atoms with Gasteiger partial charge in [-0.1, -0.05) is 12.1 Å². The number of hydrogen-bond donors (Lipinski definition) is 2. The first-order valence-electron chi connectivity index (χ1n) is 9.29. The standard InChI is InChI=1S/C20H24FN7O/c1-3-28-17-12-25-20(26-19(17)27(2)13-18(28)29)24-11-15(8-22)10-23-9-14-4-6-16(21)7-5-14/h4-8,10,12H,3,9,11,13,22H2,1-2H3,(H,24,25,26)/b15-8+,23-10?. The van der Waals surface area contributed by atoms with Crippen molar-refractivity contribution in [3.05, 3.63) is 53.6 Å². The molecule has 1 aliphatic heterocycles. The maximum absolute atomic E-state index is 12.9. The van der Waals surface area contributed by atoms with E-state index in [0.717, 1.165) is 11.1 Å². The molecular weight excluding hydrogens is 373 g/mol. The molecule has 3 N–H and O–H groups in total. The summed E-state index contributed by atoms with van der Waals surface area (Å²) in [7, 11) is 1.83. The van der Waals surface area contributed by atoms with Crippen molar-refractivity contribution < 1.29 is 9.18 Å². The molecule has 1 aromatic heterocycles. The summed E-state index contributed by atoms with van der Waals surface area (Å²) in [5, 5.41) is 3.13. The normalized spacial score (nSPS) is 14.4. The maximum atomic E-state index is 12.9. The van der Waals surface area contributed by atoms with Gasteiger partial charge in [0, 0.05) is 38.1 Å². The van der Waals surface area contributed by atoms with E-state index in [1.165, 1.54) is 18.3 Å². The van der Waals surface area contributed by atoms with E-state index in [-0.39, 0.29) is 18.3 Å². The Balaban J connectivity index is 1.62. The van der Waals surface area contributed by atoms with Crippen molar-refractivity contribution in [3.63, 3.8) is 0 Å². The second kappa shape index (κ2) is 9.13. The Hall–Kier alpha value is -3.49. The number of carbonyl (C=O) groups is 1. The zero-order chi connectivity index (χ0) is 20.8. The highest BCUT2D eigenvalue weighted by Crippen LogP contribution is 2.30. The van der Waals surface area contributed by atoms with Crippen LogP contribution in [0.3, 0.4) is 0 Å². The summed E-state index contributed by atoms with van der Waals surface area (Å²) in [5.74, 6) is 0.892. The number of hydrogen-bond acceptors (Lipinski definition) is 7. The van der Waals surface area contributed by atoms with Crippen molar-refractivity contribution in [3.8, 4) is 0 Å². The molecule has 1 amide bonds. The second-order valence-electron chi connectivity index (χ2n) is 6.59. The number of benzene rings is 1. The SMILES string of the molecule is CCN1C(=O)CN(C)c2nc(NC/C(C=NCc3ccc(F)cc3)=C/N)ncc21. The Labute approximate surface area is 169 Å². The van der Waals surface area contributed by atoms with E-state index >= 15 is 0 Å². The minimum Gasteiger partial charge on any atom is -0.404 e. The molecule has 0 aliphatic carbocycles. The molecule has 2 heterocycles. The van der Waals surface area contributed by atoms with Crippen LogP contribution in [0.4, 0.5) is 21.8 Å². The molecule has 9 heteroatoms. The Bertz CT molecular complexity index is 927. The third-order valence-corrected chi connectivity index (χ3v) is 4.50. The van der Waals surface area contributed by atoms with Crippen LogP contribution in [0, 0.1) is 5.82 Å². The van der Waals surface area contributed by atoms with Crippen LogP contribution < -0.4 is 20.9 Å². The highest BCUT2D eigenvalue weighted by molar-refractivity contribution is 6.02. The van der Waals surface area contributed by atoms with Gasteiger partial charge in [-0.15, -0.1) is 0 Å². The van der Waals surface area contributed by atoms with Crippen molar-refractivity contribution in [2.45, 2.75) is 13.5 Å². The zero-order valence-electron chi connectivity index (χ0n) is 16.5. The fourth-order valence-electron chi connectivity index (χ4n) is 2.95. The lowest BCUT2D eigenvalue weighted by Crippen LogP contribution is -2.44. The Morgan fingerprint density at radius 3 is 2.83 bits per heavy atom. The third-order valence-electron chi connectivity index (χ3n) is 4.50. The number of likely N-dealkylation sites (N-methyl/N-ethyl adjacent to an activating group) is 2. The number of aliphatic imine (C=N–C) groups is 1. The van der Waals surface area contributed by atoms with Gasteiger partial charge in [0.2, 0.25) is 11.9 Å². The summed E-state index contributed by atoms with van der Waals surface area (Å²) < 4.78 is 12.9. The Kier molecular flexibility index (Phi) is 6.38. The number of fused-ring (bicyclic) bond motifs is 1. The van der Waals surface area contributed by atoms with E-state index in [4.69, 9.17) is 5.73 Å². The highest BCUT2D eigenvalue weighted by Gasteiger charge is 2.28. The minimum atomic E-state index is -0.272. The number of carbonyl (C=O) groups excluding carboxylic acids is 1. The first-order valence-corrected chi connectivity index (χ1v) is 9.29. The molecule has 2 aromatic rings. The number of nitrogens with zero attached hydrogens (tertiary/aromatic N) is 5. The molecule has 1 aromatic carbocycles. The van der Waals surface area contributed by atoms with Gasteiger partial charge in [-0.25, -0.2) is 9.37 Å². The molecule has 1 aliphatic rings. The molecule has 0 spiro atoms. The summed E-state index contributed by atoms with van der Waals surface area (Å²) in [6.07, 6.45) is 4.78. The lowest BCUT2D eigenvalue weighted by molar-refractivity contribution is -0.117. The molecule has 0 atom stereocenters. The van der Waals surface area contributed by atoms with Crippen LogP contribution in [0.1, 0.15) is 12.5 Å². The van der Waals surface area contributed by atoms with Gasteiger partial charge < -0.3 is 20.9 Å². The van der Waals surface area contributed by atoms with Gasteiger partial charge in [0.25, 0.3) is 0 Å². The van der Waals surface area contributed by atoms with E-state index in [2.05, 4.69) is 20.3 Å². The van der Waals surface area contributed by atoms with Crippen LogP contribution in [0.15, 0.2) is 47.2 Å². The quantitative estimate of drug-likeness (QED) is 0.693. The van der Waals surface area contributed by atoms with Crippen LogP contribution in [0.25, 0.3) is 0 Å². The average Bonchev–Trinajstić information content (AvgIpc) is 2.72. The van der Waals surface area contributed by atoms with Crippen LogP contribution in [-0.2, 0) is 11.3 Å². The zero-order valence-corrected chi connectivity index (χ0v) is 16.5. The van der Waals surface area contributed by atoms with E-state index in [0.29, 0.717) is 37.1 Å². The van der Waals surface area contributed by atoms with Crippen molar-refractivity contribution in [1.29, 1.82) is 0 Å². The fourth-order valence-corrected chi connectivity index (χ4v) is 2.95. The predicted molar refractivity (Wildman–Crippen MR) is 113 cm³/mol. The Morgan fingerprint density at radius 1 is 1.38 bits per heavy atom. The van der Waals surface area contributed by atoms with Gasteiger partial charge in [0.05, 0.1) is 19.3 Å². The fraction of sp³-hybridized carbons (Fsp3) is 0.300. The molecule has 0 fully saturated rings. The van der Waals surface area contributed by atoms with Crippen LogP contribution in [0.5, 0.6) is 0 Å². The molecule has 0 radical (unpaired) electrons. The molecule has 0 saturated heterocycles. The third kappa shape index (κ3) is 4.87. The molecular formula is C20H24FN7O. The Morgan fingerprint density at radius 2 is 2.14 bits per heavy atom. The molecule has 8 nitrogen and oxygen atoms in total. The summed E-state index contributed by atoms with van der Waals surface area (Å²) in [6.45, 7) is 3.59. The van der Waals surface area contributed by atoms with Gasteiger partial charge >= 0.3 is 0 Å². The molecule has 152 valence electrons. The van der Waals surface area contributed by atoms with E-state index in [1.807, 2.05) is 14.0 Å². The van der Waals surface area contributed by atoms with Gasteiger partial charge in [-0.3, -0.25) is 9.79 Å². The highest BCUT2D eigenvalue weighted by atomic mass is 19.1. The molecule has 29 heavy (non-hydrogen) atoms. The largest absolute Gasteiger partial charge is 0.404 e. The molecule has 0 saturated carbocycles. The van der Waals surface area contributed by atoms with Crippen molar-refractivity contribution >= 4 is 29.6 Å². The average molecular weight is 397 g/mol. The summed E-state index contributed by atoms with van der Waals surface area (Å²) >= 11 is 0. The lowest BCUT2D eigenvalue weighted by atomic mass is 10.2. The first-order chi connectivity index (χ1) is 14.0. The maximum Gasteiger partial charge on any atom is 0.246 e. The van der Waals surface area contributed by atoms with Crippen molar-refractivity contribution in [2.75, 3.05) is 41.8 Å². The monoisotopic (exact) mass is 397 g/mol. The number of aromatic nitrogens is 2. The number of amides is 1. The lowest BCUT2D eigenvalue weighted by Gasteiger charge is -2.33. The topological polar surface area (TPSA) is 99.7 Å².